The summed E-state index contributed by atoms with van der Waals surface area (Å²) in [6.45, 7) is 6.00. The third kappa shape index (κ3) is 8.80. The Morgan fingerprint density at radius 2 is 1.07 bits per heavy atom. The standard InChI is InChI=1S/C6H12N2S4.C2H4/c1-7(2)5(9)11-12-6(10)8(3)4;1-2/h1-4H3;1-2H2. The van der Waals surface area contributed by atoms with Crippen LogP contribution in [0.3, 0.4) is 0 Å². The molecule has 0 aliphatic heterocycles. The Morgan fingerprint density at radius 3 is 1.21 bits per heavy atom. The molecule has 0 amide bonds. The van der Waals surface area contributed by atoms with Gasteiger partial charge in [-0.2, -0.15) is 0 Å². The van der Waals surface area contributed by atoms with Crippen LogP contribution in [0, 0.1) is 0 Å². The van der Waals surface area contributed by atoms with Crippen LogP contribution >= 0.6 is 46.0 Å². The number of thiocarbonyl (C=S) groups is 2. The molecule has 0 rings (SSSR count). The van der Waals surface area contributed by atoms with Gasteiger partial charge < -0.3 is 9.80 Å². The van der Waals surface area contributed by atoms with Crippen molar-refractivity contribution in [1.82, 2.24) is 9.80 Å². The van der Waals surface area contributed by atoms with E-state index in [1.54, 1.807) is 0 Å². The molecule has 0 heterocycles. The molecule has 0 saturated carbocycles. The summed E-state index contributed by atoms with van der Waals surface area (Å²) in [7, 11) is 10.7. The van der Waals surface area contributed by atoms with Crippen molar-refractivity contribution >= 4 is 54.7 Å². The zero-order chi connectivity index (χ0) is 11.7. The predicted molar refractivity (Wildman–Crippen MR) is 79.0 cm³/mol. The Kier molecular flexibility index (Phi) is 11.6. The molecule has 0 atom stereocenters. The van der Waals surface area contributed by atoms with Crippen molar-refractivity contribution in [3.63, 3.8) is 0 Å². The molecule has 0 unspecified atom stereocenters. The highest BCUT2D eigenvalue weighted by Gasteiger charge is 2.04. The van der Waals surface area contributed by atoms with Gasteiger partial charge >= 0.3 is 0 Å². The van der Waals surface area contributed by atoms with Crippen LogP contribution in [0.4, 0.5) is 0 Å². The highest BCUT2D eigenvalue weighted by molar-refractivity contribution is 8.89. The highest BCUT2D eigenvalue weighted by atomic mass is 33.1. The lowest BCUT2D eigenvalue weighted by molar-refractivity contribution is 0.647. The summed E-state index contributed by atoms with van der Waals surface area (Å²) >= 11 is 10.1. The van der Waals surface area contributed by atoms with Gasteiger partial charge in [-0.3, -0.25) is 0 Å². The van der Waals surface area contributed by atoms with Gasteiger partial charge in [0.05, 0.1) is 0 Å². The van der Waals surface area contributed by atoms with Gasteiger partial charge in [0, 0.05) is 28.2 Å². The number of hydrogen-bond donors (Lipinski definition) is 0. The van der Waals surface area contributed by atoms with E-state index in [1.807, 2.05) is 38.0 Å². The topological polar surface area (TPSA) is 6.48 Å². The van der Waals surface area contributed by atoms with Crippen LogP contribution in [0.1, 0.15) is 0 Å². The molecular weight excluding hydrogens is 252 g/mol. The maximum absolute atomic E-state index is 5.07. The first-order chi connectivity index (χ1) is 6.45. The Morgan fingerprint density at radius 1 is 0.857 bits per heavy atom. The minimum absolute atomic E-state index is 0.837. The molecule has 0 aliphatic rings. The maximum Gasteiger partial charge on any atom is 0.146 e. The molecule has 0 fully saturated rings. The van der Waals surface area contributed by atoms with Gasteiger partial charge in [-0.15, -0.1) is 13.2 Å². The summed E-state index contributed by atoms with van der Waals surface area (Å²) in [6.07, 6.45) is 0. The quantitative estimate of drug-likeness (QED) is 0.376. The van der Waals surface area contributed by atoms with Crippen molar-refractivity contribution in [2.24, 2.45) is 0 Å². The molecule has 0 spiro atoms. The minimum atomic E-state index is 0.837. The highest BCUT2D eigenvalue weighted by Crippen LogP contribution is 2.26. The first-order valence-electron chi connectivity index (χ1n) is 3.72. The van der Waals surface area contributed by atoms with E-state index in [2.05, 4.69) is 13.2 Å². The van der Waals surface area contributed by atoms with Crippen molar-refractivity contribution in [2.45, 2.75) is 0 Å². The summed E-state index contributed by atoms with van der Waals surface area (Å²) in [5.41, 5.74) is 0. The van der Waals surface area contributed by atoms with Crippen LogP contribution in [-0.2, 0) is 0 Å². The van der Waals surface area contributed by atoms with E-state index >= 15 is 0 Å². The maximum atomic E-state index is 5.07. The molecule has 0 aromatic carbocycles. The molecule has 6 heteroatoms. The fourth-order valence-electron chi connectivity index (χ4n) is 0.220. The lowest BCUT2D eigenvalue weighted by atomic mass is 11.0. The molecule has 2 nitrogen and oxygen atoms in total. The summed E-state index contributed by atoms with van der Waals surface area (Å²) < 4.78 is 1.67. The van der Waals surface area contributed by atoms with E-state index in [1.165, 1.54) is 21.6 Å². The Labute approximate surface area is 105 Å². The lowest BCUT2D eigenvalue weighted by Crippen LogP contribution is -2.18. The van der Waals surface area contributed by atoms with E-state index in [0.717, 1.165) is 8.64 Å². The summed E-state index contributed by atoms with van der Waals surface area (Å²) in [5, 5.41) is 0. The fourth-order valence-corrected chi connectivity index (χ4v) is 2.60. The van der Waals surface area contributed by atoms with Gasteiger partial charge in [0.2, 0.25) is 0 Å². The number of nitrogens with zero attached hydrogens (tertiary/aromatic N) is 2. The Balaban J connectivity index is 0. The molecule has 0 aliphatic carbocycles. The molecule has 0 aromatic heterocycles. The van der Waals surface area contributed by atoms with Gasteiger partial charge in [-0.05, 0) is 21.6 Å². The number of rotatable bonds is 0. The average Bonchev–Trinajstić information content (AvgIpc) is 2.16. The van der Waals surface area contributed by atoms with Crippen molar-refractivity contribution in [1.29, 1.82) is 0 Å². The van der Waals surface area contributed by atoms with E-state index in [4.69, 9.17) is 24.4 Å². The van der Waals surface area contributed by atoms with Crippen molar-refractivity contribution in [3.05, 3.63) is 13.2 Å². The van der Waals surface area contributed by atoms with Crippen molar-refractivity contribution in [3.8, 4) is 0 Å². The molecule has 0 aromatic rings. The Hall–Kier alpha value is 0.220. The molecule has 82 valence electrons. The fraction of sp³-hybridized carbons (Fsp3) is 0.500. The first-order valence-corrected chi connectivity index (χ1v) is 6.69. The van der Waals surface area contributed by atoms with Crippen molar-refractivity contribution in [2.75, 3.05) is 28.2 Å². The zero-order valence-corrected chi connectivity index (χ0v) is 12.2. The SMILES string of the molecule is C=C.CN(C)C(=S)SSC(=S)N(C)C. The van der Waals surface area contributed by atoms with E-state index in [0.29, 0.717) is 0 Å². The van der Waals surface area contributed by atoms with Crippen LogP contribution in [-0.4, -0.2) is 46.6 Å². The second-order valence-electron chi connectivity index (χ2n) is 2.49. The van der Waals surface area contributed by atoms with Gasteiger partial charge in [-0.25, -0.2) is 0 Å². The van der Waals surface area contributed by atoms with Gasteiger partial charge in [0.15, 0.2) is 0 Å². The summed E-state index contributed by atoms with van der Waals surface area (Å²) in [4.78, 5) is 3.79. The molecule has 0 N–H and O–H groups in total. The predicted octanol–water partition coefficient (Wildman–Crippen LogP) is 2.86. The van der Waals surface area contributed by atoms with Crippen LogP contribution < -0.4 is 0 Å². The van der Waals surface area contributed by atoms with Gasteiger partial charge in [0.25, 0.3) is 0 Å². The van der Waals surface area contributed by atoms with Crippen LogP contribution in [0.2, 0.25) is 0 Å². The first kappa shape index (κ1) is 16.6. The van der Waals surface area contributed by atoms with E-state index in [-0.39, 0.29) is 0 Å². The monoisotopic (exact) mass is 268 g/mol. The normalized spacial score (nSPS) is 8.29. The van der Waals surface area contributed by atoms with Gasteiger partial charge in [0.1, 0.15) is 8.64 Å². The Bertz CT molecular complexity index is 172. The molecular formula is C8H16N2S4. The van der Waals surface area contributed by atoms with Crippen molar-refractivity contribution < 1.29 is 0 Å². The zero-order valence-electron chi connectivity index (χ0n) is 8.94. The lowest BCUT2D eigenvalue weighted by Gasteiger charge is -2.15. The second-order valence-corrected chi connectivity index (χ2v) is 5.88. The average molecular weight is 268 g/mol. The van der Waals surface area contributed by atoms with E-state index in [9.17, 15) is 0 Å². The van der Waals surface area contributed by atoms with Gasteiger partial charge in [-0.1, -0.05) is 24.4 Å². The second kappa shape index (κ2) is 9.76. The van der Waals surface area contributed by atoms with Crippen LogP contribution in [0.25, 0.3) is 0 Å². The molecule has 14 heavy (non-hydrogen) atoms. The smallest absolute Gasteiger partial charge is 0.146 e. The third-order valence-corrected chi connectivity index (χ3v) is 5.07. The molecule has 0 radical (unpaired) electrons. The van der Waals surface area contributed by atoms with Crippen LogP contribution in [0.5, 0.6) is 0 Å². The molecule has 0 saturated heterocycles. The summed E-state index contributed by atoms with van der Waals surface area (Å²) in [6, 6.07) is 0. The third-order valence-electron chi connectivity index (χ3n) is 0.915. The largest absolute Gasteiger partial charge is 0.363 e. The minimum Gasteiger partial charge on any atom is -0.363 e. The van der Waals surface area contributed by atoms with Crippen LogP contribution in [0.15, 0.2) is 13.2 Å². The summed E-state index contributed by atoms with van der Waals surface area (Å²) in [5.74, 6) is 0. The molecule has 0 bridgehead atoms. The van der Waals surface area contributed by atoms with E-state index < -0.39 is 0 Å². The number of hydrogen-bond acceptors (Lipinski definition) is 4.